The molecule has 0 saturated carbocycles. The van der Waals surface area contributed by atoms with Gasteiger partial charge in [0.15, 0.2) is 5.82 Å². The fraction of sp³-hybridized carbons (Fsp3) is 0.600. The summed E-state index contributed by atoms with van der Waals surface area (Å²) >= 11 is 0. The van der Waals surface area contributed by atoms with Crippen molar-refractivity contribution in [2.45, 2.75) is 19.1 Å². The Hall–Kier alpha value is -1.25. The van der Waals surface area contributed by atoms with E-state index in [0.29, 0.717) is 5.69 Å². The molecule has 102 valence electrons. The maximum absolute atomic E-state index is 11.9. The van der Waals surface area contributed by atoms with E-state index in [9.17, 15) is 13.2 Å². The molecule has 0 radical (unpaired) electrons. The van der Waals surface area contributed by atoms with Crippen LogP contribution in [0.25, 0.3) is 0 Å². The van der Waals surface area contributed by atoms with Crippen LogP contribution in [0.3, 0.4) is 0 Å². The van der Waals surface area contributed by atoms with E-state index in [1.54, 1.807) is 6.07 Å². The van der Waals surface area contributed by atoms with E-state index in [1.165, 1.54) is 20.4 Å². The van der Waals surface area contributed by atoms with Gasteiger partial charge in [-0.15, -0.1) is 0 Å². The summed E-state index contributed by atoms with van der Waals surface area (Å²) in [6.07, 6.45) is -3.65. The van der Waals surface area contributed by atoms with E-state index in [2.05, 4.69) is 14.7 Å². The van der Waals surface area contributed by atoms with Gasteiger partial charge in [0.1, 0.15) is 18.9 Å². The second-order valence-electron chi connectivity index (χ2n) is 3.31. The highest BCUT2D eigenvalue weighted by molar-refractivity contribution is 5.03. The SMILES string of the molecule is COC(OC)c1ccnc(COCC(F)(F)F)n1. The number of hydrogen-bond donors (Lipinski definition) is 0. The highest BCUT2D eigenvalue weighted by atomic mass is 19.4. The molecule has 1 heterocycles. The first-order chi connectivity index (χ1) is 8.46. The average Bonchev–Trinajstić information content (AvgIpc) is 2.29. The Morgan fingerprint density at radius 2 is 1.94 bits per heavy atom. The Balaban J connectivity index is 2.59. The van der Waals surface area contributed by atoms with Gasteiger partial charge >= 0.3 is 6.18 Å². The summed E-state index contributed by atoms with van der Waals surface area (Å²) in [5.41, 5.74) is 0.417. The number of hydrogen-bond acceptors (Lipinski definition) is 5. The number of alkyl halides is 3. The van der Waals surface area contributed by atoms with E-state index in [0.717, 1.165) is 0 Å². The second-order valence-corrected chi connectivity index (χ2v) is 3.31. The minimum absolute atomic E-state index is 0.135. The largest absolute Gasteiger partial charge is 0.411 e. The number of ether oxygens (including phenoxy) is 3. The summed E-state index contributed by atoms with van der Waals surface area (Å²) in [5, 5.41) is 0. The molecule has 5 nitrogen and oxygen atoms in total. The van der Waals surface area contributed by atoms with Crippen molar-refractivity contribution >= 4 is 0 Å². The molecule has 0 aliphatic carbocycles. The molecule has 1 aromatic heterocycles. The number of aromatic nitrogens is 2. The third-order valence-corrected chi connectivity index (χ3v) is 1.89. The summed E-state index contributed by atoms with van der Waals surface area (Å²) < 4.78 is 50.0. The Kier molecular flexibility index (Phi) is 5.45. The Bertz CT molecular complexity index is 370. The van der Waals surface area contributed by atoms with E-state index in [1.807, 2.05) is 0 Å². The monoisotopic (exact) mass is 266 g/mol. The first-order valence-corrected chi connectivity index (χ1v) is 4.98. The Labute approximate surface area is 102 Å². The van der Waals surface area contributed by atoms with Crippen molar-refractivity contribution in [1.29, 1.82) is 0 Å². The van der Waals surface area contributed by atoms with Gasteiger partial charge in [0.2, 0.25) is 6.29 Å². The van der Waals surface area contributed by atoms with Crippen molar-refractivity contribution in [1.82, 2.24) is 9.97 Å². The topological polar surface area (TPSA) is 53.5 Å². The first kappa shape index (κ1) is 14.8. The zero-order valence-electron chi connectivity index (χ0n) is 9.90. The lowest BCUT2D eigenvalue weighted by molar-refractivity contribution is -0.177. The van der Waals surface area contributed by atoms with Crippen LogP contribution in [0.4, 0.5) is 13.2 Å². The van der Waals surface area contributed by atoms with Crippen molar-refractivity contribution in [3.8, 4) is 0 Å². The highest BCUT2D eigenvalue weighted by Gasteiger charge is 2.27. The molecule has 0 fully saturated rings. The van der Waals surface area contributed by atoms with Gasteiger partial charge in [-0.2, -0.15) is 13.2 Å². The molecular formula is C10H13F3N2O3. The zero-order chi connectivity index (χ0) is 13.6. The smallest absolute Gasteiger partial charge is 0.364 e. The van der Waals surface area contributed by atoms with Gasteiger partial charge in [0.05, 0.1) is 0 Å². The first-order valence-electron chi connectivity index (χ1n) is 4.98. The molecule has 0 aromatic carbocycles. The lowest BCUT2D eigenvalue weighted by atomic mass is 10.4. The van der Waals surface area contributed by atoms with Crippen LogP contribution in [0.2, 0.25) is 0 Å². The molecule has 1 rings (SSSR count). The van der Waals surface area contributed by atoms with Gasteiger partial charge in [-0.3, -0.25) is 0 Å². The van der Waals surface area contributed by atoms with Crippen LogP contribution < -0.4 is 0 Å². The molecule has 0 bridgehead atoms. The van der Waals surface area contributed by atoms with Gasteiger partial charge in [-0.05, 0) is 6.07 Å². The molecule has 0 aliphatic rings. The fourth-order valence-electron chi connectivity index (χ4n) is 1.21. The summed E-state index contributed by atoms with van der Waals surface area (Å²) in [6.45, 7) is -1.66. The van der Waals surface area contributed by atoms with Gasteiger partial charge in [0, 0.05) is 20.4 Å². The van der Waals surface area contributed by atoms with Crippen LogP contribution in [-0.2, 0) is 20.8 Å². The van der Waals surface area contributed by atoms with Crippen LogP contribution in [-0.4, -0.2) is 37.0 Å². The summed E-state index contributed by atoms with van der Waals surface area (Å²) in [7, 11) is 2.85. The third-order valence-electron chi connectivity index (χ3n) is 1.89. The molecular weight excluding hydrogens is 253 g/mol. The van der Waals surface area contributed by atoms with Gasteiger partial charge in [-0.25, -0.2) is 9.97 Å². The minimum atomic E-state index is -4.36. The quantitative estimate of drug-likeness (QED) is 0.735. The molecule has 0 saturated heterocycles. The van der Waals surface area contributed by atoms with E-state index in [4.69, 9.17) is 9.47 Å². The molecule has 0 aliphatic heterocycles. The zero-order valence-corrected chi connectivity index (χ0v) is 9.90. The molecule has 18 heavy (non-hydrogen) atoms. The summed E-state index contributed by atoms with van der Waals surface area (Å²) in [4.78, 5) is 7.78. The normalized spacial score (nSPS) is 12.1. The average molecular weight is 266 g/mol. The van der Waals surface area contributed by atoms with Crippen molar-refractivity contribution in [3.63, 3.8) is 0 Å². The number of halogens is 3. The van der Waals surface area contributed by atoms with Crippen LogP contribution >= 0.6 is 0 Å². The summed E-state index contributed by atoms with van der Waals surface area (Å²) in [6, 6.07) is 1.55. The van der Waals surface area contributed by atoms with Crippen molar-refractivity contribution in [2.24, 2.45) is 0 Å². The van der Waals surface area contributed by atoms with E-state index in [-0.39, 0.29) is 12.4 Å². The van der Waals surface area contributed by atoms with Crippen molar-refractivity contribution in [2.75, 3.05) is 20.8 Å². The lowest BCUT2D eigenvalue weighted by Gasteiger charge is -2.13. The predicted octanol–water partition coefficient (Wildman–Crippen LogP) is 1.85. The third kappa shape index (κ3) is 4.94. The van der Waals surface area contributed by atoms with Crippen LogP contribution in [0.5, 0.6) is 0 Å². The lowest BCUT2D eigenvalue weighted by Crippen LogP contribution is -2.17. The molecule has 1 aromatic rings. The predicted molar refractivity (Wildman–Crippen MR) is 54.5 cm³/mol. The number of methoxy groups -OCH3 is 2. The minimum Gasteiger partial charge on any atom is -0.364 e. The molecule has 8 heteroatoms. The van der Waals surface area contributed by atoms with Gasteiger partial charge < -0.3 is 14.2 Å². The van der Waals surface area contributed by atoms with Crippen molar-refractivity contribution < 1.29 is 27.4 Å². The van der Waals surface area contributed by atoms with Gasteiger partial charge in [0.25, 0.3) is 0 Å². The molecule has 0 N–H and O–H groups in total. The van der Waals surface area contributed by atoms with Crippen LogP contribution in [0, 0.1) is 0 Å². The maximum atomic E-state index is 11.9. The Morgan fingerprint density at radius 1 is 1.28 bits per heavy atom. The maximum Gasteiger partial charge on any atom is 0.411 e. The van der Waals surface area contributed by atoms with Crippen LogP contribution in [0.1, 0.15) is 17.8 Å². The fourth-order valence-corrected chi connectivity index (χ4v) is 1.21. The van der Waals surface area contributed by atoms with Crippen molar-refractivity contribution in [3.05, 3.63) is 23.8 Å². The second kappa shape index (κ2) is 6.62. The summed E-state index contributed by atoms with van der Waals surface area (Å²) in [5.74, 6) is 0.135. The molecule has 0 unspecified atom stereocenters. The number of rotatable bonds is 6. The Morgan fingerprint density at radius 3 is 2.50 bits per heavy atom. The van der Waals surface area contributed by atoms with E-state index >= 15 is 0 Å². The van der Waals surface area contributed by atoms with Gasteiger partial charge in [-0.1, -0.05) is 0 Å². The standard InChI is InChI=1S/C10H13F3N2O3/c1-16-9(17-2)7-3-4-14-8(15-7)5-18-6-10(11,12)13/h3-4,9H,5-6H2,1-2H3. The highest BCUT2D eigenvalue weighted by Crippen LogP contribution is 2.16. The van der Waals surface area contributed by atoms with E-state index < -0.39 is 19.1 Å². The van der Waals surface area contributed by atoms with Crippen LogP contribution in [0.15, 0.2) is 12.3 Å². The molecule has 0 atom stereocenters. The molecule has 0 spiro atoms. The molecule has 0 amide bonds. The number of nitrogens with zero attached hydrogens (tertiary/aromatic N) is 2.